The number of fused-ring (bicyclic) bond motifs is 1. The van der Waals surface area contributed by atoms with Crippen LogP contribution in [0, 0.1) is 0 Å². The molecule has 1 aliphatic carbocycles. The standard InChI is InChI=1S/C19H22N4O4S/c24-28(25,15-3-5-17-18(13-15)27-12-11-26-17)23-9-7-22(8-10-23)19-6-4-16(20-21-19)14-1-2-14/h3-6,13-14H,1-2,7-12H2. The zero-order chi connectivity index (χ0) is 19.1. The van der Waals surface area contributed by atoms with E-state index in [4.69, 9.17) is 9.47 Å². The second-order valence-corrected chi connectivity index (χ2v) is 9.23. The number of aromatic nitrogens is 2. The van der Waals surface area contributed by atoms with E-state index in [0.717, 1.165) is 11.5 Å². The smallest absolute Gasteiger partial charge is 0.243 e. The van der Waals surface area contributed by atoms with Crippen LogP contribution in [0.2, 0.25) is 0 Å². The molecule has 148 valence electrons. The highest BCUT2D eigenvalue weighted by Crippen LogP contribution is 2.39. The van der Waals surface area contributed by atoms with Crippen molar-refractivity contribution in [2.75, 3.05) is 44.3 Å². The lowest BCUT2D eigenvalue weighted by Crippen LogP contribution is -2.49. The van der Waals surface area contributed by atoms with Crippen LogP contribution < -0.4 is 14.4 Å². The van der Waals surface area contributed by atoms with E-state index in [2.05, 4.69) is 15.1 Å². The zero-order valence-corrected chi connectivity index (χ0v) is 16.3. The van der Waals surface area contributed by atoms with Gasteiger partial charge in [-0.1, -0.05) is 0 Å². The molecule has 2 aromatic rings. The van der Waals surface area contributed by atoms with Crippen LogP contribution in [0.5, 0.6) is 11.5 Å². The summed E-state index contributed by atoms with van der Waals surface area (Å²) < 4.78 is 38.6. The summed E-state index contributed by atoms with van der Waals surface area (Å²) in [6, 6.07) is 8.83. The molecule has 28 heavy (non-hydrogen) atoms. The Morgan fingerprint density at radius 3 is 2.32 bits per heavy atom. The largest absolute Gasteiger partial charge is 0.486 e. The maximum absolute atomic E-state index is 13.0. The molecule has 0 atom stereocenters. The topological polar surface area (TPSA) is 84.9 Å². The van der Waals surface area contributed by atoms with Gasteiger partial charge in [-0.05, 0) is 37.1 Å². The van der Waals surface area contributed by atoms with Gasteiger partial charge >= 0.3 is 0 Å². The molecule has 0 bridgehead atoms. The quantitative estimate of drug-likeness (QED) is 0.768. The molecule has 1 saturated heterocycles. The van der Waals surface area contributed by atoms with E-state index in [1.54, 1.807) is 18.2 Å². The molecule has 0 amide bonds. The van der Waals surface area contributed by atoms with Crippen LogP contribution in [-0.2, 0) is 10.0 Å². The SMILES string of the molecule is O=S(=O)(c1ccc2c(c1)OCCO2)N1CCN(c2ccc(C3CC3)nn2)CC1. The minimum Gasteiger partial charge on any atom is -0.486 e. The summed E-state index contributed by atoms with van der Waals surface area (Å²) in [5, 5.41) is 8.66. The zero-order valence-electron chi connectivity index (χ0n) is 15.5. The van der Waals surface area contributed by atoms with E-state index in [9.17, 15) is 8.42 Å². The van der Waals surface area contributed by atoms with Crippen LogP contribution in [0.15, 0.2) is 35.2 Å². The fraction of sp³-hybridized carbons (Fsp3) is 0.474. The Hall–Kier alpha value is -2.39. The van der Waals surface area contributed by atoms with Gasteiger partial charge in [0.2, 0.25) is 10.0 Å². The van der Waals surface area contributed by atoms with Crippen LogP contribution in [-0.4, -0.2) is 62.3 Å². The summed E-state index contributed by atoms with van der Waals surface area (Å²) >= 11 is 0. The van der Waals surface area contributed by atoms with Gasteiger partial charge < -0.3 is 14.4 Å². The van der Waals surface area contributed by atoms with Crippen molar-refractivity contribution in [2.24, 2.45) is 0 Å². The maximum Gasteiger partial charge on any atom is 0.243 e. The predicted octanol–water partition coefficient (Wildman–Crippen LogP) is 1.64. The molecule has 2 fully saturated rings. The van der Waals surface area contributed by atoms with Crippen LogP contribution in [0.25, 0.3) is 0 Å². The number of hydrogen-bond donors (Lipinski definition) is 0. The van der Waals surface area contributed by atoms with Crippen molar-refractivity contribution < 1.29 is 17.9 Å². The van der Waals surface area contributed by atoms with Crippen molar-refractivity contribution in [3.05, 3.63) is 36.0 Å². The lowest BCUT2D eigenvalue weighted by Gasteiger charge is -2.34. The molecule has 0 unspecified atom stereocenters. The summed E-state index contributed by atoms with van der Waals surface area (Å²) in [6.45, 7) is 2.88. The van der Waals surface area contributed by atoms with Gasteiger partial charge in [0, 0.05) is 38.2 Å². The Labute approximate surface area is 164 Å². The normalized spacial score (nSPS) is 20.2. The number of hydrogen-bond acceptors (Lipinski definition) is 7. The van der Waals surface area contributed by atoms with Gasteiger partial charge in [0.25, 0.3) is 0 Å². The Balaban J connectivity index is 1.27. The number of rotatable bonds is 4. The van der Waals surface area contributed by atoms with Gasteiger partial charge in [-0.3, -0.25) is 0 Å². The number of nitrogens with zero attached hydrogens (tertiary/aromatic N) is 4. The first-order valence-electron chi connectivity index (χ1n) is 9.60. The van der Waals surface area contributed by atoms with Crippen molar-refractivity contribution in [1.29, 1.82) is 0 Å². The third-order valence-electron chi connectivity index (χ3n) is 5.38. The van der Waals surface area contributed by atoms with E-state index < -0.39 is 10.0 Å². The average molecular weight is 402 g/mol. The average Bonchev–Trinajstić information content (AvgIpc) is 3.59. The first kappa shape index (κ1) is 17.7. The van der Waals surface area contributed by atoms with Gasteiger partial charge in [0.05, 0.1) is 10.6 Å². The first-order chi connectivity index (χ1) is 13.6. The number of ether oxygens (including phenoxy) is 2. The molecule has 0 radical (unpaired) electrons. The van der Waals surface area contributed by atoms with E-state index in [-0.39, 0.29) is 4.90 Å². The van der Waals surface area contributed by atoms with Gasteiger partial charge in [-0.15, -0.1) is 5.10 Å². The highest BCUT2D eigenvalue weighted by molar-refractivity contribution is 7.89. The van der Waals surface area contributed by atoms with Gasteiger partial charge in [-0.25, -0.2) is 8.42 Å². The molecule has 8 nitrogen and oxygen atoms in total. The predicted molar refractivity (Wildman–Crippen MR) is 102 cm³/mol. The van der Waals surface area contributed by atoms with Crippen LogP contribution >= 0.6 is 0 Å². The van der Waals surface area contributed by atoms with Crippen LogP contribution in [0.3, 0.4) is 0 Å². The molecule has 3 heterocycles. The van der Waals surface area contributed by atoms with E-state index in [1.165, 1.54) is 17.1 Å². The molecule has 0 spiro atoms. The Bertz CT molecular complexity index is 968. The minimum absolute atomic E-state index is 0.235. The van der Waals surface area contributed by atoms with Crippen LogP contribution in [0.4, 0.5) is 5.82 Å². The van der Waals surface area contributed by atoms with Crippen molar-refractivity contribution in [2.45, 2.75) is 23.7 Å². The van der Waals surface area contributed by atoms with Crippen molar-refractivity contribution in [1.82, 2.24) is 14.5 Å². The van der Waals surface area contributed by atoms with Gasteiger partial charge in [0.1, 0.15) is 13.2 Å². The highest BCUT2D eigenvalue weighted by Gasteiger charge is 2.31. The Morgan fingerprint density at radius 1 is 0.893 bits per heavy atom. The minimum atomic E-state index is -3.58. The van der Waals surface area contributed by atoms with E-state index in [0.29, 0.717) is 56.8 Å². The van der Waals surface area contributed by atoms with E-state index >= 15 is 0 Å². The highest BCUT2D eigenvalue weighted by atomic mass is 32.2. The summed E-state index contributed by atoms with van der Waals surface area (Å²) in [7, 11) is -3.58. The lowest BCUT2D eigenvalue weighted by molar-refractivity contribution is 0.171. The Kier molecular flexibility index (Phi) is 4.36. The molecule has 0 N–H and O–H groups in total. The first-order valence-corrected chi connectivity index (χ1v) is 11.0. The second-order valence-electron chi connectivity index (χ2n) is 7.29. The second kappa shape index (κ2) is 6.89. The number of anilines is 1. The maximum atomic E-state index is 13.0. The number of piperazine rings is 1. The third-order valence-corrected chi connectivity index (χ3v) is 7.28. The summed E-state index contributed by atoms with van der Waals surface area (Å²) in [6.07, 6.45) is 2.40. The fourth-order valence-electron chi connectivity index (χ4n) is 3.59. The fourth-order valence-corrected chi connectivity index (χ4v) is 5.03. The van der Waals surface area contributed by atoms with E-state index in [1.807, 2.05) is 12.1 Å². The molecule has 9 heteroatoms. The van der Waals surface area contributed by atoms with Crippen molar-refractivity contribution >= 4 is 15.8 Å². The monoisotopic (exact) mass is 402 g/mol. The van der Waals surface area contributed by atoms with Crippen molar-refractivity contribution in [3.8, 4) is 11.5 Å². The number of benzene rings is 1. The Morgan fingerprint density at radius 2 is 1.64 bits per heavy atom. The molecular weight excluding hydrogens is 380 g/mol. The summed E-state index contributed by atoms with van der Waals surface area (Å²) in [4.78, 5) is 2.32. The van der Waals surface area contributed by atoms with Crippen molar-refractivity contribution in [3.63, 3.8) is 0 Å². The number of sulfonamides is 1. The van der Waals surface area contributed by atoms with Gasteiger partial charge in [-0.2, -0.15) is 9.40 Å². The third kappa shape index (κ3) is 3.29. The molecule has 1 saturated carbocycles. The molecule has 5 rings (SSSR count). The van der Waals surface area contributed by atoms with Gasteiger partial charge in [0.15, 0.2) is 17.3 Å². The summed E-state index contributed by atoms with van der Waals surface area (Å²) in [5.41, 5.74) is 1.06. The molecule has 1 aromatic heterocycles. The van der Waals surface area contributed by atoms with Crippen LogP contribution in [0.1, 0.15) is 24.5 Å². The summed E-state index contributed by atoms with van der Waals surface area (Å²) in [5.74, 6) is 2.45. The molecule has 1 aromatic carbocycles. The molecule has 3 aliphatic rings. The lowest BCUT2D eigenvalue weighted by atomic mass is 10.2. The molecular formula is C19H22N4O4S. The molecule has 2 aliphatic heterocycles.